The summed E-state index contributed by atoms with van der Waals surface area (Å²) in [4.78, 5) is 23.5. The van der Waals surface area contributed by atoms with Crippen LogP contribution in [0.3, 0.4) is 0 Å². The van der Waals surface area contributed by atoms with Gasteiger partial charge in [0.05, 0.1) is 11.1 Å². The average molecular weight is 364 g/mol. The summed E-state index contributed by atoms with van der Waals surface area (Å²) in [5.74, 6) is 0.143. The van der Waals surface area contributed by atoms with Crippen molar-refractivity contribution in [1.29, 1.82) is 0 Å². The highest BCUT2D eigenvalue weighted by Gasteiger charge is 2.14. The van der Waals surface area contributed by atoms with E-state index in [1.54, 1.807) is 28.8 Å². The van der Waals surface area contributed by atoms with E-state index in [4.69, 9.17) is 9.52 Å². The Bertz CT molecular complexity index is 1180. The molecule has 0 fully saturated rings. The molecule has 0 spiro atoms. The van der Waals surface area contributed by atoms with Crippen LogP contribution in [0.15, 0.2) is 47.0 Å². The van der Waals surface area contributed by atoms with Crippen molar-refractivity contribution in [2.45, 2.75) is 13.3 Å². The summed E-state index contributed by atoms with van der Waals surface area (Å²) in [6, 6.07) is 10.1. The monoisotopic (exact) mass is 364 g/mol. The van der Waals surface area contributed by atoms with Crippen LogP contribution in [0.25, 0.3) is 16.6 Å². The number of benzene rings is 1. The number of nitrogens with zero attached hydrogens (tertiary/aromatic N) is 3. The molecule has 0 bridgehead atoms. The number of nitrogens with one attached hydrogen (secondary N) is 1. The number of carbonyl (C=O) groups is 2. The quantitative estimate of drug-likeness (QED) is 0.563. The summed E-state index contributed by atoms with van der Waals surface area (Å²) in [7, 11) is 0. The van der Waals surface area contributed by atoms with E-state index in [-0.39, 0.29) is 11.5 Å². The number of hydrogen-bond acceptors (Lipinski definition) is 5. The lowest BCUT2D eigenvalue weighted by molar-refractivity contribution is 0.0696. The molecule has 0 unspecified atom stereocenters. The molecule has 4 aromatic rings. The first-order chi connectivity index (χ1) is 13.0. The lowest BCUT2D eigenvalue weighted by atomic mass is 10.1. The summed E-state index contributed by atoms with van der Waals surface area (Å²) in [6.45, 7) is 2.19. The van der Waals surface area contributed by atoms with E-state index < -0.39 is 5.97 Å². The Morgan fingerprint density at radius 1 is 1.22 bits per heavy atom. The fraction of sp³-hybridized carbons (Fsp3) is 0.158. The Morgan fingerprint density at radius 2 is 2.07 bits per heavy atom. The van der Waals surface area contributed by atoms with Crippen molar-refractivity contribution in [2.75, 3.05) is 6.54 Å². The van der Waals surface area contributed by atoms with E-state index in [9.17, 15) is 9.59 Å². The highest BCUT2D eigenvalue weighted by atomic mass is 16.4. The van der Waals surface area contributed by atoms with Gasteiger partial charge in [0.2, 0.25) is 0 Å². The normalized spacial score (nSPS) is 11.1. The molecule has 0 aliphatic rings. The molecule has 3 aromatic heterocycles. The fourth-order valence-corrected chi connectivity index (χ4v) is 2.95. The number of carboxylic acids is 1. The minimum absolute atomic E-state index is 0.174. The molecule has 136 valence electrons. The number of amides is 1. The highest BCUT2D eigenvalue weighted by molar-refractivity contribution is 5.99. The summed E-state index contributed by atoms with van der Waals surface area (Å²) in [6.07, 6.45) is 2.29. The van der Waals surface area contributed by atoms with Crippen molar-refractivity contribution >= 4 is 28.5 Å². The van der Waals surface area contributed by atoms with Crippen molar-refractivity contribution in [2.24, 2.45) is 0 Å². The Balaban J connectivity index is 1.45. The topological polar surface area (TPSA) is 110 Å². The van der Waals surface area contributed by atoms with Crippen LogP contribution in [0.4, 0.5) is 0 Å². The van der Waals surface area contributed by atoms with Gasteiger partial charge in [-0.05, 0) is 37.3 Å². The van der Waals surface area contributed by atoms with Gasteiger partial charge in [-0.15, -0.1) is 10.2 Å². The van der Waals surface area contributed by atoms with Crippen LogP contribution in [0.1, 0.15) is 32.3 Å². The van der Waals surface area contributed by atoms with E-state index >= 15 is 0 Å². The third kappa shape index (κ3) is 3.12. The van der Waals surface area contributed by atoms with E-state index in [1.165, 1.54) is 12.1 Å². The highest BCUT2D eigenvalue weighted by Crippen LogP contribution is 2.21. The van der Waals surface area contributed by atoms with Gasteiger partial charge in [0.15, 0.2) is 5.65 Å². The van der Waals surface area contributed by atoms with Gasteiger partial charge in [-0.1, -0.05) is 6.07 Å². The maximum Gasteiger partial charge on any atom is 0.335 e. The van der Waals surface area contributed by atoms with Gasteiger partial charge < -0.3 is 14.8 Å². The van der Waals surface area contributed by atoms with Crippen LogP contribution < -0.4 is 5.32 Å². The molecule has 3 heterocycles. The van der Waals surface area contributed by atoms with Gasteiger partial charge in [-0.3, -0.25) is 9.20 Å². The minimum Gasteiger partial charge on any atom is -0.478 e. The number of fused-ring (bicyclic) bond motifs is 2. The second-order valence-electron chi connectivity index (χ2n) is 6.14. The lowest BCUT2D eigenvalue weighted by Gasteiger charge is -2.05. The zero-order valence-electron chi connectivity index (χ0n) is 14.5. The van der Waals surface area contributed by atoms with Crippen molar-refractivity contribution < 1.29 is 19.1 Å². The molecule has 27 heavy (non-hydrogen) atoms. The third-order valence-corrected chi connectivity index (χ3v) is 4.32. The predicted octanol–water partition coefficient (Wildman–Crippen LogP) is 2.45. The van der Waals surface area contributed by atoms with Gasteiger partial charge in [0.1, 0.15) is 17.2 Å². The van der Waals surface area contributed by atoms with Crippen LogP contribution in [-0.4, -0.2) is 38.1 Å². The predicted molar refractivity (Wildman–Crippen MR) is 96.9 cm³/mol. The molecule has 0 atom stereocenters. The summed E-state index contributed by atoms with van der Waals surface area (Å²) >= 11 is 0. The third-order valence-electron chi connectivity index (χ3n) is 4.32. The number of aryl methyl sites for hydroxylation is 1. The molecule has 0 saturated heterocycles. The number of rotatable bonds is 5. The van der Waals surface area contributed by atoms with Gasteiger partial charge in [-0.25, -0.2) is 4.79 Å². The summed E-state index contributed by atoms with van der Waals surface area (Å²) in [5.41, 5.74) is 1.65. The molecule has 8 heteroatoms. The Labute approximate surface area is 153 Å². The van der Waals surface area contributed by atoms with Crippen LogP contribution >= 0.6 is 0 Å². The number of carbonyl (C=O) groups excluding carboxylic acids is 1. The largest absolute Gasteiger partial charge is 0.478 e. The van der Waals surface area contributed by atoms with E-state index in [1.807, 2.05) is 13.0 Å². The van der Waals surface area contributed by atoms with Crippen LogP contribution in [-0.2, 0) is 6.42 Å². The lowest BCUT2D eigenvalue weighted by Crippen LogP contribution is -2.26. The molecule has 0 saturated carbocycles. The minimum atomic E-state index is -1.000. The van der Waals surface area contributed by atoms with E-state index in [0.29, 0.717) is 41.3 Å². The van der Waals surface area contributed by atoms with Crippen molar-refractivity contribution in [3.8, 4) is 0 Å². The van der Waals surface area contributed by atoms with Crippen LogP contribution in [0.5, 0.6) is 0 Å². The molecule has 0 aliphatic heterocycles. The Kier molecular flexibility index (Phi) is 4.08. The number of carboxylic acid groups (broad SMARTS) is 1. The summed E-state index contributed by atoms with van der Waals surface area (Å²) in [5, 5.41) is 20.7. The average Bonchev–Trinajstić information content (AvgIpc) is 3.24. The Morgan fingerprint density at radius 3 is 2.89 bits per heavy atom. The number of aromatic nitrogens is 3. The summed E-state index contributed by atoms with van der Waals surface area (Å²) < 4.78 is 7.44. The number of furan rings is 1. The molecular weight excluding hydrogens is 348 g/mol. The zero-order valence-corrected chi connectivity index (χ0v) is 14.5. The number of pyridine rings is 1. The maximum atomic E-state index is 12.5. The van der Waals surface area contributed by atoms with Crippen LogP contribution in [0, 0.1) is 6.92 Å². The van der Waals surface area contributed by atoms with Gasteiger partial charge in [0, 0.05) is 24.5 Å². The van der Waals surface area contributed by atoms with Crippen molar-refractivity contribution in [3.63, 3.8) is 0 Å². The molecule has 8 nitrogen and oxygen atoms in total. The maximum absolute atomic E-state index is 12.5. The molecule has 4 rings (SSSR count). The Hall–Kier alpha value is -3.68. The number of hydrogen-bond donors (Lipinski definition) is 2. The molecule has 0 radical (unpaired) electrons. The molecule has 2 N–H and O–H groups in total. The smallest absolute Gasteiger partial charge is 0.335 e. The van der Waals surface area contributed by atoms with Gasteiger partial charge in [-0.2, -0.15) is 0 Å². The van der Waals surface area contributed by atoms with Crippen molar-refractivity contribution in [1.82, 2.24) is 19.9 Å². The second-order valence-corrected chi connectivity index (χ2v) is 6.14. The van der Waals surface area contributed by atoms with E-state index in [0.717, 1.165) is 5.39 Å². The first-order valence-corrected chi connectivity index (χ1v) is 8.37. The molecular formula is C19H16N4O4. The first kappa shape index (κ1) is 16.8. The molecule has 1 amide bonds. The second kappa shape index (κ2) is 6.56. The fourth-order valence-electron chi connectivity index (χ4n) is 2.95. The molecule has 1 aromatic carbocycles. The number of aromatic carboxylic acids is 1. The first-order valence-electron chi connectivity index (χ1n) is 8.37. The van der Waals surface area contributed by atoms with Gasteiger partial charge in [0.25, 0.3) is 5.91 Å². The molecule has 0 aliphatic carbocycles. The van der Waals surface area contributed by atoms with Gasteiger partial charge >= 0.3 is 5.97 Å². The standard InChI is InChI=1S/C19H16N4O4/c1-11-21-22-17-15(3-2-8-23(11)17)18(24)20-7-6-14-9-12-4-5-13(19(25)26)10-16(12)27-14/h2-5,8-10H,6-7H2,1H3,(H,20,24)(H,25,26). The van der Waals surface area contributed by atoms with Crippen molar-refractivity contribution in [3.05, 3.63) is 65.3 Å². The zero-order chi connectivity index (χ0) is 19.0. The van der Waals surface area contributed by atoms with E-state index in [2.05, 4.69) is 15.5 Å². The SMILES string of the molecule is Cc1nnc2c(C(=O)NCCc3cc4ccc(C(=O)O)cc4o3)cccn12. The van der Waals surface area contributed by atoms with Crippen LogP contribution in [0.2, 0.25) is 0 Å².